The van der Waals surface area contributed by atoms with E-state index in [0.29, 0.717) is 20.6 Å². The van der Waals surface area contributed by atoms with E-state index in [-0.39, 0.29) is 5.91 Å². The summed E-state index contributed by atoms with van der Waals surface area (Å²) in [6.07, 6.45) is 1.53. The van der Waals surface area contributed by atoms with Crippen LogP contribution in [-0.2, 0) is 0 Å². The molecule has 0 saturated carbocycles. The first-order valence-electron chi connectivity index (χ1n) is 5.54. The lowest BCUT2D eigenvalue weighted by atomic mass is 10.1. The molecule has 98 valence electrons. The highest BCUT2D eigenvalue weighted by molar-refractivity contribution is 9.11. The summed E-state index contributed by atoms with van der Waals surface area (Å²) < 4.78 is 1.09. The molecule has 1 heterocycles. The van der Waals surface area contributed by atoms with Crippen LogP contribution in [0, 0.1) is 13.8 Å². The number of amides is 1. The van der Waals surface area contributed by atoms with Crippen LogP contribution in [0.15, 0.2) is 33.6 Å². The summed E-state index contributed by atoms with van der Waals surface area (Å²) in [5.41, 5.74) is 2.60. The van der Waals surface area contributed by atoms with Gasteiger partial charge in [0.1, 0.15) is 9.21 Å². The Bertz CT molecular complexity index is 644. The van der Waals surface area contributed by atoms with Crippen LogP contribution in [0.1, 0.15) is 21.5 Å². The molecule has 0 aliphatic carbocycles. The standard InChI is InChI=1S/C13H11Br2N3O/c1-7-3-4-8(2)9(5-7)13(19)18-12-11(15)17-10(14)6-16-12/h3-6H,1-2H3,(H,16,18,19). The number of anilines is 1. The van der Waals surface area contributed by atoms with Gasteiger partial charge in [0.05, 0.1) is 6.20 Å². The first kappa shape index (κ1) is 14.1. The zero-order valence-electron chi connectivity index (χ0n) is 10.4. The second-order valence-corrected chi connectivity index (χ2v) is 5.67. The van der Waals surface area contributed by atoms with E-state index in [1.165, 1.54) is 6.20 Å². The molecule has 2 aromatic rings. The molecule has 4 nitrogen and oxygen atoms in total. The molecule has 0 aliphatic heterocycles. The predicted molar refractivity (Wildman–Crippen MR) is 81.3 cm³/mol. The largest absolute Gasteiger partial charge is 0.304 e. The van der Waals surface area contributed by atoms with Crippen molar-refractivity contribution in [1.82, 2.24) is 9.97 Å². The van der Waals surface area contributed by atoms with Crippen molar-refractivity contribution in [3.63, 3.8) is 0 Å². The maximum Gasteiger partial charge on any atom is 0.257 e. The summed E-state index contributed by atoms with van der Waals surface area (Å²) in [4.78, 5) is 20.4. The van der Waals surface area contributed by atoms with Crippen molar-refractivity contribution in [2.45, 2.75) is 13.8 Å². The van der Waals surface area contributed by atoms with Crippen LogP contribution >= 0.6 is 31.9 Å². The summed E-state index contributed by atoms with van der Waals surface area (Å²) in [6, 6.07) is 5.75. The summed E-state index contributed by atoms with van der Waals surface area (Å²) in [5.74, 6) is 0.202. The Labute approximate surface area is 127 Å². The molecule has 0 saturated heterocycles. The molecule has 1 aromatic heterocycles. The van der Waals surface area contributed by atoms with Gasteiger partial charge in [0.2, 0.25) is 0 Å². The lowest BCUT2D eigenvalue weighted by Crippen LogP contribution is -2.15. The Morgan fingerprint density at radius 3 is 2.68 bits per heavy atom. The third-order valence-corrected chi connectivity index (χ3v) is 3.51. The van der Waals surface area contributed by atoms with Crippen LogP contribution in [0.4, 0.5) is 5.82 Å². The number of carbonyl (C=O) groups excluding carboxylic acids is 1. The Balaban J connectivity index is 2.28. The van der Waals surface area contributed by atoms with Gasteiger partial charge >= 0.3 is 0 Å². The highest BCUT2D eigenvalue weighted by Gasteiger charge is 2.12. The molecule has 0 atom stereocenters. The van der Waals surface area contributed by atoms with Gasteiger partial charge in [-0.1, -0.05) is 17.7 Å². The normalized spacial score (nSPS) is 10.3. The Morgan fingerprint density at radius 1 is 1.26 bits per heavy atom. The molecule has 19 heavy (non-hydrogen) atoms. The van der Waals surface area contributed by atoms with E-state index in [1.807, 2.05) is 32.0 Å². The van der Waals surface area contributed by atoms with E-state index in [4.69, 9.17) is 0 Å². The number of rotatable bonds is 2. The van der Waals surface area contributed by atoms with E-state index in [1.54, 1.807) is 0 Å². The van der Waals surface area contributed by atoms with Crippen LogP contribution < -0.4 is 5.32 Å². The Morgan fingerprint density at radius 2 is 2.00 bits per heavy atom. The summed E-state index contributed by atoms with van der Waals surface area (Å²) in [6.45, 7) is 3.85. The second kappa shape index (κ2) is 5.79. The van der Waals surface area contributed by atoms with Crippen LogP contribution in [0.5, 0.6) is 0 Å². The molecular weight excluding hydrogens is 374 g/mol. The molecule has 1 N–H and O–H groups in total. The molecule has 0 aliphatic rings. The smallest absolute Gasteiger partial charge is 0.257 e. The second-order valence-electron chi connectivity index (χ2n) is 4.10. The van der Waals surface area contributed by atoms with Gasteiger partial charge in [-0.15, -0.1) is 0 Å². The van der Waals surface area contributed by atoms with Crippen LogP contribution in [-0.4, -0.2) is 15.9 Å². The van der Waals surface area contributed by atoms with E-state index in [9.17, 15) is 4.79 Å². The van der Waals surface area contributed by atoms with Crippen LogP contribution in [0.25, 0.3) is 0 Å². The van der Waals surface area contributed by atoms with Crippen LogP contribution in [0.2, 0.25) is 0 Å². The van der Waals surface area contributed by atoms with Crippen LogP contribution in [0.3, 0.4) is 0 Å². The zero-order chi connectivity index (χ0) is 14.0. The molecule has 1 amide bonds. The fourth-order valence-corrected chi connectivity index (χ4v) is 2.50. The maximum absolute atomic E-state index is 12.2. The van der Waals surface area contributed by atoms with Gasteiger partial charge in [-0.2, -0.15) is 0 Å². The molecule has 0 bridgehead atoms. The number of hydrogen-bond acceptors (Lipinski definition) is 3. The van der Waals surface area contributed by atoms with Crippen molar-refractivity contribution in [1.29, 1.82) is 0 Å². The van der Waals surface area contributed by atoms with Gasteiger partial charge in [-0.05, 0) is 57.3 Å². The minimum atomic E-state index is -0.196. The van der Waals surface area contributed by atoms with Crippen molar-refractivity contribution in [3.05, 3.63) is 50.3 Å². The summed E-state index contributed by atoms with van der Waals surface area (Å²) >= 11 is 6.48. The number of carbonyl (C=O) groups is 1. The van der Waals surface area contributed by atoms with E-state index >= 15 is 0 Å². The monoisotopic (exact) mass is 383 g/mol. The maximum atomic E-state index is 12.2. The number of nitrogens with one attached hydrogen (secondary N) is 1. The number of aromatic nitrogens is 2. The molecule has 0 spiro atoms. The van der Waals surface area contributed by atoms with Crippen molar-refractivity contribution in [2.24, 2.45) is 0 Å². The number of nitrogens with zero attached hydrogens (tertiary/aromatic N) is 2. The summed E-state index contributed by atoms with van der Waals surface area (Å²) in [7, 11) is 0. The van der Waals surface area contributed by atoms with E-state index in [2.05, 4.69) is 47.1 Å². The van der Waals surface area contributed by atoms with Gasteiger partial charge in [0.15, 0.2) is 5.82 Å². The third-order valence-electron chi connectivity index (χ3n) is 2.57. The lowest BCUT2D eigenvalue weighted by molar-refractivity contribution is 0.102. The Hall–Kier alpha value is -1.27. The number of aryl methyl sites for hydroxylation is 2. The average molecular weight is 385 g/mol. The number of hydrogen-bond donors (Lipinski definition) is 1. The number of benzene rings is 1. The van der Waals surface area contributed by atoms with Crippen molar-refractivity contribution in [2.75, 3.05) is 5.32 Å². The quantitative estimate of drug-likeness (QED) is 0.854. The van der Waals surface area contributed by atoms with E-state index < -0.39 is 0 Å². The molecule has 0 radical (unpaired) electrons. The minimum Gasteiger partial charge on any atom is -0.304 e. The molecule has 0 fully saturated rings. The predicted octanol–water partition coefficient (Wildman–Crippen LogP) is 3.87. The summed E-state index contributed by atoms with van der Waals surface area (Å²) in [5, 5.41) is 2.74. The lowest BCUT2D eigenvalue weighted by Gasteiger charge is -2.09. The third kappa shape index (κ3) is 3.39. The van der Waals surface area contributed by atoms with E-state index in [0.717, 1.165) is 11.1 Å². The van der Waals surface area contributed by atoms with Gasteiger partial charge in [-0.25, -0.2) is 9.97 Å². The van der Waals surface area contributed by atoms with Crippen molar-refractivity contribution < 1.29 is 4.79 Å². The first-order chi connectivity index (χ1) is 8.97. The fourth-order valence-electron chi connectivity index (χ4n) is 1.59. The Kier molecular flexibility index (Phi) is 4.31. The highest BCUT2D eigenvalue weighted by Crippen LogP contribution is 2.20. The fraction of sp³-hybridized carbons (Fsp3) is 0.154. The molecular formula is C13H11Br2N3O. The number of halogens is 2. The van der Waals surface area contributed by atoms with Gasteiger partial charge in [-0.3, -0.25) is 4.79 Å². The van der Waals surface area contributed by atoms with Gasteiger partial charge < -0.3 is 5.32 Å². The molecule has 0 unspecified atom stereocenters. The van der Waals surface area contributed by atoms with Crippen molar-refractivity contribution in [3.8, 4) is 0 Å². The first-order valence-corrected chi connectivity index (χ1v) is 7.12. The molecule has 2 rings (SSSR count). The van der Waals surface area contributed by atoms with Crippen molar-refractivity contribution >= 4 is 43.6 Å². The average Bonchev–Trinajstić information content (AvgIpc) is 2.35. The van der Waals surface area contributed by atoms with Gasteiger partial charge in [0.25, 0.3) is 5.91 Å². The SMILES string of the molecule is Cc1ccc(C)c(C(=O)Nc2ncc(Br)nc2Br)c1. The molecule has 1 aromatic carbocycles. The molecule has 6 heteroatoms. The van der Waals surface area contributed by atoms with Gasteiger partial charge in [0, 0.05) is 5.56 Å². The topological polar surface area (TPSA) is 54.9 Å². The highest BCUT2D eigenvalue weighted by atomic mass is 79.9. The minimum absolute atomic E-state index is 0.196. The zero-order valence-corrected chi connectivity index (χ0v) is 13.5.